The molecule has 0 radical (unpaired) electrons. The Morgan fingerprint density at radius 3 is 2.75 bits per heavy atom. The zero-order valence-electron chi connectivity index (χ0n) is 10.0. The fourth-order valence-corrected chi connectivity index (χ4v) is 3.76. The van der Waals surface area contributed by atoms with E-state index >= 15 is 0 Å². The molecule has 0 aliphatic carbocycles. The maximum absolute atomic E-state index is 12.2. The lowest BCUT2D eigenvalue weighted by molar-refractivity contribution is 0.264. The zero-order valence-corrected chi connectivity index (χ0v) is 12.4. The Hall–Kier alpha value is 0.350. The van der Waals surface area contributed by atoms with Gasteiger partial charge in [0, 0.05) is 32.0 Å². The van der Waals surface area contributed by atoms with E-state index in [-0.39, 0.29) is 0 Å². The fourth-order valence-electron chi connectivity index (χ4n) is 1.95. The number of halogens is 1. The molecule has 4 nitrogen and oxygen atoms in total. The maximum atomic E-state index is 12.2. The lowest BCUT2D eigenvalue weighted by Crippen LogP contribution is -2.46. The van der Waals surface area contributed by atoms with Crippen LogP contribution in [-0.4, -0.2) is 49.0 Å². The normalized spacial score (nSPS) is 23.9. The Bertz CT molecular complexity index is 308. The molecule has 1 aliphatic heterocycles. The molecule has 96 valence electrons. The molecule has 0 spiro atoms. The van der Waals surface area contributed by atoms with E-state index in [9.17, 15) is 8.42 Å². The van der Waals surface area contributed by atoms with Crippen LogP contribution in [0.1, 0.15) is 26.2 Å². The Balaban J connectivity index is 2.61. The lowest BCUT2D eigenvalue weighted by Gasteiger charge is -2.33. The van der Waals surface area contributed by atoms with Crippen molar-refractivity contribution in [1.82, 2.24) is 8.61 Å². The predicted octanol–water partition coefficient (Wildman–Crippen LogP) is 1.68. The number of hydrogen-bond acceptors (Lipinski definition) is 2. The second kappa shape index (κ2) is 6.33. The van der Waals surface area contributed by atoms with Gasteiger partial charge >= 0.3 is 0 Å². The molecule has 1 aliphatic rings. The summed E-state index contributed by atoms with van der Waals surface area (Å²) in [5, 5.41) is 0.837. The molecule has 1 rings (SSSR count). The van der Waals surface area contributed by atoms with Crippen LogP contribution >= 0.6 is 15.9 Å². The molecule has 0 aromatic carbocycles. The number of rotatable bonds is 5. The topological polar surface area (TPSA) is 40.6 Å². The van der Waals surface area contributed by atoms with Crippen LogP contribution < -0.4 is 0 Å². The Morgan fingerprint density at radius 1 is 1.50 bits per heavy atom. The van der Waals surface area contributed by atoms with Crippen LogP contribution in [0, 0.1) is 5.92 Å². The molecular weight excluding hydrogens is 292 g/mol. The van der Waals surface area contributed by atoms with Crippen molar-refractivity contribution < 1.29 is 8.42 Å². The van der Waals surface area contributed by atoms with Crippen molar-refractivity contribution in [3.8, 4) is 0 Å². The van der Waals surface area contributed by atoms with Gasteiger partial charge in [-0.1, -0.05) is 22.9 Å². The van der Waals surface area contributed by atoms with E-state index in [4.69, 9.17) is 0 Å². The fraction of sp³-hybridized carbons (Fsp3) is 1.00. The van der Waals surface area contributed by atoms with Crippen LogP contribution in [0.5, 0.6) is 0 Å². The van der Waals surface area contributed by atoms with Crippen LogP contribution in [0.4, 0.5) is 0 Å². The molecule has 0 saturated carbocycles. The molecule has 0 bridgehead atoms. The number of hydrogen-bond donors (Lipinski definition) is 0. The van der Waals surface area contributed by atoms with Gasteiger partial charge in [0.15, 0.2) is 0 Å². The molecule has 16 heavy (non-hydrogen) atoms. The summed E-state index contributed by atoms with van der Waals surface area (Å²) in [7, 11) is -1.56. The minimum absolute atomic E-state index is 0.480. The molecule has 0 N–H and O–H groups in total. The number of nitrogens with zero attached hydrogens (tertiary/aromatic N) is 2. The average molecular weight is 313 g/mol. The number of alkyl halides is 1. The third-order valence-electron chi connectivity index (χ3n) is 2.95. The van der Waals surface area contributed by atoms with Crippen molar-refractivity contribution >= 4 is 26.1 Å². The van der Waals surface area contributed by atoms with Crippen LogP contribution in [0.25, 0.3) is 0 Å². The van der Waals surface area contributed by atoms with Gasteiger partial charge in [-0.25, -0.2) is 0 Å². The van der Waals surface area contributed by atoms with E-state index in [1.807, 2.05) is 0 Å². The van der Waals surface area contributed by atoms with Gasteiger partial charge in [0.1, 0.15) is 0 Å². The molecule has 6 heteroatoms. The van der Waals surface area contributed by atoms with E-state index in [1.54, 1.807) is 11.4 Å². The highest BCUT2D eigenvalue weighted by molar-refractivity contribution is 9.09. The van der Waals surface area contributed by atoms with E-state index in [1.165, 1.54) is 4.31 Å². The highest BCUT2D eigenvalue weighted by Gasteiger charge is 2.29. The van der Waals surface area contributed by atoms with Crippen molar-refractivity contribution in [3.63, 3.8) is 0 Å². The molecule has 1 saturated heterocycles. The van der Waals surface area contributed by atoms with Gasteiger partial charge in [-0.3, -0.25) is 0 Å². The van der Waals surface area contributed by atoms with Gasteiger partial charge in [0.2, 0.25) is 0 Å². The first-order valence-electron chi connectivity index (χ1n) is 5.76. The van der Waals surface area contributed by atoms with Crippen LogP contribution in [0.15, 0.2) is 0 Å². The van der Waals surface area contributed by atoms with E-state index in [2.05, 4.69) is 22.9 Å². The van der Waals surface area contributed by atoms with Crippen LogP contribution in [-0.2, 0) is 10.2 Å². The molecule has 1 heterocycles. The molecule has 1 atom stereocenters. The van der Waals surface area contributed by atoms with Crippen LogP contribution in [0.3, 0.4) is 0 Å². The maximum Gasteiger partial charge on any atom is 0.281 e. The summed E-state index contributed by atoms with van der Waals surface area (Å²) in [6.45, 7) is 4.03. The van der Waals surface area contributed by atoms with E-state index in [0.717, 1.165) is 24.6 Å². The van der Waals surface area contributed by atoms with Gasteiger partial charge in [-0.2, -0.15) is 17.0 Å². The first-order valence-corrected chi connectivity index (χ1v) is 8.27. The minimum Gasteiger partial charge on any atom is -0.195 e. The van der Waals surface area contributed by atoms with Gasteiger partial charge in [0.25, 0.3) is 10.2 Å². The highest BCUT2D eigenvalue weighted by Crippen LogP contribution is 2.19. The van der Waals surface area contributed by atoms with Crippen molar-refractivity contribution in [2.45, 2.75) is 26.2 Å². The summed E-state index contributed by atoms with van der Waals surface area (Å²) in [4.78, 5) is 0. The largest absolute Gasteiger partial charge is 0.281 e. The van der Waals surface area contributed by atoms with Crippen molar-refractivity contribution in [2.75, 3.05) is 32.0 Å². The second-order valence-electron chi connectivity index (χ2n) is 4.48. The third kappa shape index (κ3) is 3.68. The van der Waals surface area contributed by atoms with Crippen molar-refractivity contribution in [1.29, 1.82) is 0 Å². The Kier molecular flexibility index (Phi) is 5.70. The minimum atomic E-state index is -3.22. The average Bonchev–Trinajstić information content (AvgIpc) is 2.25. The quantitative estimate of drug-likeness (QED) is 0.725. The highest BCUT2D eigenvalue weighted by atomic mass is 79.9. The van der Waals surface area contributed by atoms with E-state index < -0.39 is 10.2 Å². The Labute approximate surface area is 107 Å². The van der Waals surface area contributed by atoms with Gasteiger partial charge in [-0.15, -0.1) is 0 Å². The summed E-state index contributed by atoms with van der Waals surface area (Å²) in [6, 6.07) is 0. The summed E-state index contributed by atoms with van der Waals surface area (Å²) in [5.41, 5.74) is 0. The molecule has 0 amide bonds. The van der Waals surface area contributed by atoms with Gasteiger partial charge < -0.3 is 0 Å². The van der Waals surface area contributed by atoms with E-state index in [0.29, 0.717) is 25.6 Å². The molecule has 1 fully saturated rings. The van der Waals surface area contributed by atoms with Gasteiger partial charge in [-0.05, 0) is 25.2 Å². The summed E-state index contributed by atoms with van der Waals surface area (Å²) in [6.07, 6.45) is 2.96. The SMILES string of the molecule is CC1CCCN(S(=O)(=O)N(C)CCCBr)C1. The number of piperidine rings is 1. The smallest absolute Gasteiger partial charge is 0.195 e. The summed E-state index contributed by atoms with van der Waals surface area (Å²) < 4.78 is 27.4. The summed E-state index contributed by atoms with van der Waals surface area (Å²) in [5.74, 6) is 0.480. The van der Waals surface area contributed by atoms with Gasteiger partial charge in [0.05, 0.1) is 0 Å². The predicted molar refractivity (Wildman–Crippen MR) is 69.9 cm³/mol. The van der Waals surface area contributed by atoms with Crippen molar-refractivity contribution in [3.05, 3.63) is 0 Å². The lowest BCUT2D eigenvalue weighted by atomic mass is 10.0. The third-order valence-corrected chi connectivity index (χ3v) is 5.46. The van der Waals surface area contributed by atoms with Crippen molar-refractivity contribution in [2.24, 2.45) is 5.92 Å². The molecule has 0 aromatic heterocycles. The second-order valence-corrected chi connectivity index (χ2v) is 7.31. The Morgan fingerprint density at radius 2 is 2.19 bits per heavy atom. The molecule has 0 aromatic rings. The summed E-state index contributed by atoms with van der Waals surface area (Å²) >= 11 is 3.32. The zero-order chi connectivity index (χ0) is 12.2. The molecular formula is C10H21BrN2O2S. The first-order chi connectivity index (χ1) is 7.48. The molecule has 1 unspecified atom stereocenters. The standard InChI is InChI=1S/C10H21BrN2O2S/c1-10-5-3-8-13(9-10)16(14,15)12(2)7-4-6-11/h10H,3-9H2,1-2H3. The first kappa shape index (κ1) is 14.4. The van der Waals surface area contributed by atoms with Crippen LogP contribution in [0.2, 0.25) is 0 Å². The monoisotopic (exact) mass is 312 g/mol.